The number of anilines is 1. The van der Waals surface area contributed by atoms with Crippen molar-refractivity contribution in [3.63, 3.8) is 0 Å². The molecule has 0 saturated heterocycles. The van der Waals surface area contributed by atoms with Gasteiger partial charge in [0, 0.05) is 18.3 Å². The fraction of sp³-hybridized carbons (Fsp3) is 0.429. The Labute approximate surface area is 118 Å². The van der Waals surface area contributed by atoms with E-state index in [4.69, 9.17) is 11.6 Å². The first kappa shape index (κ1) is 13.9. The van der Waals surface area contributed by atoms with Crippen LogP contribution in [0, 0.1) is 13.8 Å². The van der Waals surface area contributed by atoms with Gasteiger partial charge in [-0.15, -0.1) is 0 Å². The predicted molar refractivity (Wildman–Crippen MR) is 78.8 cm³/mol. The van der Waals surface area contributed by atoms with Crippen molar-refractivity contribution in [2.75, 3.05) is 11.9 Å². The molecule has 0 bridgehead atoms. The molecule has 102 valence electrons. The van der Waals surface area contributed by atoms with Gasteiger partial charge in [-0.1, -0.05) is 24.6 Å². The fourth-order valence-corrected chi connectivity index (χ4v) is 2.09. The molecule has 0 aromatic carbocycles. The van der Waals surface area contributed by atoms with Crippen LogP contribution < -0.4 is 5.32 Å². The maximum absolute atomic E-state index is 6.17. The van der Waals surface area contributed by atoms with Gasteiger partial charge in [0.15, 0.2) is 0 Å². The van der Waals surface area contributed by atoms with Crippen molar-refractivity contribution < 1.29 is 0 Å². The second kappa shape index (κ2) is 6.06. The van der Waals surface area contributed by atoms with Gasteiger partial charge in [0.05, 0.1) is 23.0 Å². The van der Waals surface area contributed by atoms with Crippen molar-refractivity contribution in [3.8, 4) is 0 Å². The van der Waals surface area contributed by atoms with Crippen LogP contribution in [0.1, 0.15) is 30.3 Å². The summed E-state index contributed by atoms with van der Waals surface area (Å²) in [5, 5.41) is 8.54. The summed E-state index contributed by atoms with van der Waals surface area (Å²) < 4.78 is 1.92. The monoisotopic (exact) mass is 278 g/mol. The Kier molecular flexibility index (Phi) is 4.43. The molecule has 19 heavy (non-hydrogen) atoms. The molecule has 0 radical (unpaired) electrons. The van der Waals surface area contributed by atoms with Crippen molar-refractivity contribution in [1.29, 1.82) is 0 Å². The van der Waals surface area contributed by atoms with Crippen molar-refractivity contribution in [1.82, 2.24) is 14.8 Å². The summed E-state index contributed by atoms with van der Waals surface area (Å²) in [6.45, 7) is 7.64. The predicted octanol–water partition coefficient (Wildman–Crippen LogP) is 3.42. The number of hydrogen-bond acceptors (Lipinski definition) is 3. The Balaban J connectivity index is 2.25. The molecule has 0 aliphatic rings. The zero-order valence-corrected chi connectivity index (χ0v) is 12.3. The van der Waals surface area contributed by atoms with Crippen LogP contribution in [0.5, 0.6) is 0 Å². The number of hydrogen-bond donors (Lipinski definition) is 1. The lowest BCUT2D eigenvalue weighted by atomic mass is 10.2. The van der Waals surface area contributed by atoms with Crippen molar-refractivity contribution in [2.24, 2.45) is 0 Å². The van der Waals surface area contributed by atoms with E-state index in [2.05, 4.69) is 28.4 Å². The lowest BCUT2D eigenvalue weighted by molar-refractivity contribution is 0.658. The van der Waals surface area contributed by atoms with Gasteiger partial charge in [0.25, 0.3) is 0 Å². The molecule has 0 saturated carbocycles. The molecule has 4 nitrogen and oxygen atoms in total. The van der Waals surface area contributed by atoms with Crippen LogP contribution in [0.3, 0.4) is 0 Å². The van der Waals surface area contributed by atoms with Gasteiger partial charge in [0.2, 0.25) is 0 Å². The third-order valence-corrected chi connectivity index (χ3v) is 3.59. The molecule has 0 aliphatic carbocycles. The van der Waals surface area contributed by atoms with Crippen molar-refractivity contribution in [2.45, 2.75) is 33.7 Å². The highest BCUT2D eigenvalue weighted by molar-refractivity contribution is 6.31. The van der Waals surface area contributed by atoms with E-state index in [1.165, 1.54) is 0 Å². The van der Waals surface area contributed by atoms with Crippen molar-refractivity contribution >= 4 is 17.4 Å². The van der Waals surface area contributed by atoms with Gasteiger partial charge in [-0.05, 0) is 26.3 Å². The molecule has 1 N–H and O–H groups in total. The van der Waals surface area contributed by atoms with Gasteiger partial charge in [-0.25, -0.2) is 4.98 Å². The van der Waals surface area contributed by atoms with Crippen LogP contribution >= 0.6 is 11.6 Å². The molecule has 0 unspecified atom stereocenters. The molecular formula is C14H19ClN4. The molecule has 2 aromatic rings. The maximum Gasteiger partial charge on any atom is 0.131 e. The first-order chi connectivity index (χ1) is 9.13. The SMILES string of the molecule is CCCNc1ncccc1Cn1nc(C)c(Cl)c1C. The summed E-state index contributed by atoms with van der Waals surface area (Å²) in [5.41, 5.74) is 2.98. The minimum absolute atomic E-state index is 0.680. The molecule has 0 aliphatic heterocycles. The summed E-state index contributed by atoms with van der Waals surface area (Å²) in [5.74, 6) is 0.924. The average Bonchev–Trinajstić information content (AvgIpc) is 2.65. The second-order valence-electron chi connectivity index (χ2n) is 4.58. The maximum atomic E-state index is 6.17. The number of halogens is 1. The summed E-state index contributed by atoms with van der Waals surface area (Å²) in [6, 6.07) is 4.01. The molecule has 0 fully saturated rings. The largest absolute Gasteiger partial charge is 0.370 e. The van der Waals surface area contributed by atoms with E-state index in [-0.39, 0.29) is 0 Å². The summed E-state index contributed by atoms with van der Waals surface area (Å²) in [4.78, 5) is 4.39. The summed E-state index contributed by atoms with van der Waals surface area (Å²) in [6.07, 6.45) is 2.87. The Morgan fingerprint density at radius 2 is 2.16 bits per heavy atom. The van der Waals surface area contributed by atoms with E-state index < -0.39 is 0 Å². The van der Waals surface area contributed by atoms with E-state index in [1.807, 2.05) is 24.6 Å². The molecule has 0 spiro atoms. The Hall–Kier alpha value is -1.55. The number of nitrogens with one attached hydrogen (secondary N) is 1. The van der Waals surface area contributed by atoms with Gasteiger partial charge in [0.1, 0.15) is 5.82 Å². The Morgan fingerprint density at radius 1 is 1.37 bits per heavy atom. The van der Waals surface area contributed by atoms with Gasteiger partial charge < -0.3 is 5.32 Å². The van der Waals surface area contributed by atoms with E-state index >= 15 is 0 Å². The van der Waals surface area contributed by atoms with Crippen LogP contribution in [0.25, 0.3) is 0 Å². The highest BCUT2D eigenvalue weighted by atomic mass is 35.5. The first-order valence-corrected chi connectivity index (χ1v) is 6.88. The van der Waals surface area contributed by atoms with Crippen LogP contribution in [0.4, 0.5) is 5.82 Å². The van der Waals surface area contributed by atoms with Gasteiger partial charge >= 0.3 is 0 Å². The molecule has 0 amide bonds. The zero-order valence-electron chi connectivity index (χ0n) is 11.6. The third kappa shape index (κ3) is 3.07. The number of aromatic nitrogens is 3. The van der Waals surface area contributed by atoms with Gasteiger partial charge in [-0.3, -0.25) is 4.68 Å². The smallest absolute Gasteiger partial charge is 0.131 e. The quantitative estimate of drug-likeness (QED) is 0.911. The van der Waals surface area contributed by atoms with E-state index in [0.717, 1.165) is 40.8 Å². The molecule has 2 aromatic heterocycles. The number of aryl methyl sites for hydroxylation is 1. The second-order valence-corrected chi connectivity index (χ2v) is 4.96. The van der Waals surface area contributed by atoms with Crippen LogP contribution in [0.2, 0.25) is 5.02 Å². The average molecular weight is 279 g/mol. The Bertz CT molecular complexity index is 563. The highest BCUT2D eigenvalue weighted by Gasteiger charge is 2.11. The highest BCUT2D eigenvalue weighted by Crippen LogP contribution is 2.21. The van der Waals surface area contributed by atoms with E-state index in [1.54, 1.807) is 6.20 Å². The van der Waals surface area contributed by atoms with E-state index in [9.17, 15) is 0 Å². The topological polar surface area (TPSA) is 42.7 Å². The summed E-state index contributed by atoms with van der Waals surface area (Å²) in [7, 11) is 0. The Morgan fingerprint density at radius 3 is 2.79 bits per heavy atom. The van der Waals surface area contributed by atoms with Crippen LogP contribution in [-0.4, -0.2) is 21.3 Å². The molecule has 5 heteroatoms. The molecule has 2 rings (SSSR count). The fourth-order valence-electron chi connectivity index (χ4n) is 1.96. The number of pyridine rings is 1. The van der Waals surface area contributed by atoms with Crippen LogP contribution in [0.15, 0.2) is 18.3 Å². The molecule has 0 atom stereocenters. The standard InChI is InChI=1S/C14H19ClN4/c1-4-7-16-14-12(6-5-8-17-14)9-19-11(3)13(15)10(2)18-19/h5-6,8H,4,7,9H2,1-3H3,(H,16,17). The third-order valence-electron chi connectivity index (χ3n) is 3.05. The number of nitrogens with zero attached hydrogens (tertiary/aromatic N) is 3. The van der Waals surface area contributed by atoms with Gasteiger partial charge in [-0.2, -0.15) is 5.10 Å². The number of rotatable bonds is 5. The molecule has 2 heterocycles. The minimum atomic E-state index is 0.680. The minimum Gasteiger partial charge on any atom is -0.370 e. The molecular weight excluding hydrogens is 260 g/mol. The lowest BCUT2D eigenvalue weighted by Gasteiger charge is -2.11. The summed E-state index contributed by atoms with van der Waals surface area (Å²) >= 11 is 6.17. The van der Waals surface area contributed by atoms with Crippen LogP contribution in [-0.2, 0) is 6.54 Å². The zero-order chi connectivity index (χ0) is 13.8. The normalized spacial score (nSPS) is 10.7. The van der Waals surface area contributed by atoms with E-state index in [0.29, 0.717) is 6.54 Å². The van der Waals surface area contributed by atoms with Crippen molar-refractivity contribution in [3.05, 3.63) is 40.3 Å². The lowest BCUT2D eigenvalue weighted by Crippen LogP contribution is -2.10. The first-order valence-electron chi connectivity index (χ1n) is 6.50.